The highest BCUT2D eigenvalue weighted by Crippen LogP contribution is 2.38. The van der Waals surface area contributed by atoms with Gasteiger partial charge in [-0.1, -0.05) is 56.0 Å². The van der Waals surface area contributed by atoms with E-state index in [1.54, 1.807) is 30.7 Å². The minimum Gasteiger partial charge on any atom is -0.496 e. The van der Waals surface area contributed by atoms with Crippen molar-refractivity contribution in [1.82, 2.24) is 30.8 Å². The molecule has 0 saturated carbocycles. The normalized spacial score (nSPS) is 13.4. The largest absolute Gasteiger partial charge is 0.496 e. The van der Waals surface area contributed by atoms with E-state index >= 15 is 0 Å². The van der Waals surface area contributed by atoms with Crippen LogP contribution in [0.3, 0.4) is 0 Å². The van der Waals surface area contributed by atoms with Crippen LogP contribution in [-0.2, 0) is 47.7 Å². The fraction of sp³-hybridized carbons (Fsp3) is 0.474. The molecule has 1 aromatic heterocycles. The van der Waals surface area contributed by atoms with Crippen molar-refractivity contribution in [1.29, 1.82) is 0 Å². The van der Waals surface area contributed by atoms with Gasteiger partial charge >= 0.3 is 7.82 Å². The maximum Gasteiger partial charge on any atom is 0.469 e. The van der Waals surface area contributed by atoms with Crippen molar-refractivity contribution in [2.75, 3.05) is 20.3 Å². The summed E-state index contributed by atoms with van der Waals surface area (Å²) in [6.07, 6.45) is 8.55. The Hall–Kier alpha value is -4.65. The standard InChI is InChI=1S/C38H53BrN7O11P/c1-25(57-58(53,54)55)34(35(40)49)45-38(52)31(23-47)44-37(51)30(43-33(48)17-18-42-36(50)27-15-16-32(56-2)29(39)20-27)21-28-22-41-24-46(28)19-11-6-4-3-5-8-12-26-13-9-7-10-14-26/h7,9-10,13-16,20,22,24-25,30-31,34,47H,3-6,8,11-12,17-19,21,23H2,1-2H3,(H2,40,49)(H,42,50)(H,43,48)(H,44,51)(H,45,52)(H2,53,54,55)/t25-,30+,31+,34+/m1/s1. The summed E-state index contributed by atoms with van der Waals surface area (Å²) in [7, 11) is -3.60. The molecule has 4 atom stereocenters. The number of hydrogen-bond donors (Lipinski definition) is 8. The molecule has 0 saturated heterocycles. The predicted octanol–water partition coefficient (Wildman–Crippen LogP) is 2.03. The first-order chi connectivity index (χ1) is 27.6. The van der Waals surface area contributed by atoms with Gasteiger partial charge in [-0.2, -0.15) is 0 Å². The predicted molar refractivity (Wildman–Crippen MR) is 216 cm³/mol. The second-order valence-corrected chi connectivity index (χ2v) is 15.6. The lowest BCUT2D eigenvalue weighted by Crippen LogP contribution is -2.59. The third kappa shape index (κ3) is 16.7. The number of unbranched alkanes of at least 4 members (excludes halogenated alkanes) is 5. The summed E-state index contributed by atoms with van der Waals surface area (Å²) >= 11 is 3.33. The van der Waals surface area contributed by atoms with E-state index in [1.165, 1.54) is 12.7 Å². The number of primary amides is 1. The summed E-state index contributed by atoms with van der Waals surface area (Å²) in [5.41, 5.74) is 7.56. The van der Waals surface area contributed by atoms with Gasteiger partial charge in [0.1, 0.15) is 23.9 Å². The van der Waals surface area contributed by atoms with E-state index in [2.05, 4.69) is 58.8 Å². The molecule has 3 aromatic rings. The van der Waals surface area contributed by atoms with Crippen molar-refractivity contribution >= 4 is 53.3 Å². The number of nitrogens with zero attached hydrogens (tertiary/aromatic N) is 2. The van der Waals surface area contributed by atoms with Crippen LogP contribution in [0.4, 0.5) is 0 Å². The number of aromatic nitrogens is 2. The monoisotopic (exact) mass is 893 g/mol. The summed E-state index contributed by atoms with van der Waals surface area (Å²) in [6.45, 7) is 0.634. The molecule has 0 bridgehead atoms. The van der Waals surface area contributed by atoms with Crippen LogP contribution in [0.5, 0.6) is 5.75 Å². The van der Waals surface area contributed by atoms with Crippen LogP contribution in [0.25, 0.3) is 0 Å². The molecule has 18 nitrogen and oxygen atoms in total. The fourth-order valence-corrected chi connectivity index (χ4v) is 7.08. The Labute approximate surface area is 345 Å². The van der Waals surface area contributed by atoms with E-state index in [1.807, 2.05) is 22.8 Å². The maximum absolute atomic E-state index is 13.7. The van der Waals surface area contributed by atoms with E-state index in [0.717, 1.165) is 51.9 Å². The molecule has 0 fully saturated rings. The number of phosphoric ester groups is 1. The molecular weight excluding hydrogens is 841 g/mol. The number of carbonyl (C=O) groups is 5. The first-order valence-electron chi connectivity index (χ1n) is 18.8. The third-order valence-electron chi connectivity index (χ3n) is 9.07. The van der Waals surface area contributed by atoms with Crippen LogP contribution in [0.2, 0.25) is 0 Å². The van der Waals surface area contributed by atoms with E-state index in [9.17, 15) is 33.6 Å². The summed E-state index contributed by atoms with van der Waals surface area (Å²) in [6, 6.07) is 10.4. The van der Waals surface area contributed by atoms with Crippen molar-refractivity contribution in [2.45, 2.75) is 95.5 Å². The quantitative estimate of drug-likeness (QED) is 0.0425. The molecule has 0 spiro atoms. The van der Waals surface area contributed by atoms with Crippen molar-refractivity contribution in [2.24, 2.45) is 5.73 Å². The number of amides is 5. The van der Waals surface area contributed by atoms with Gasteiger partial charge in [0.2, 0.25) is 23.6 Å². The topological polar surface area (TPSA) is 274 Å². The number of phosphoric acid groups is 1. The maximum atomic E-state index is 13.7. The highest BCUT2D eigenvalue weighted by atomic mass is 79.9. The molecule has 0 aliphatic rings. The van der Waals surface area contributed by atoms with E-state index < -0.39 is 68.2 Å². The summed E-state index contributed by atoms with van der Waals surface area (Å²) in [5.74, 6) is -3.74. The smallest absolute Gasteiger partial charge is 0.469 e. The molecule has 0 radical (unpaired) electrons. The molecule has 58 heavy (non-hydrogen) atoms. The number of rotatable bonds is 26. The first-order valence-corrected chi connectivity index (χ1v) is 21.1. The highest BCUT2D eigenvalue weighted by Gasteiger charge is 2.34. The lowest BCUT2D eigenvalue weighted by Gasteiger charge is -2.26. The zero-order chi connectivity index (χ0) is 42.7. The van der Waals surface area contributed by atoms with Gasteiger partial charge in [0.05, 0.1) is 30.6 Å². The molecule has 3 rings (SSSR count). The number of benzene rings is 2. The van der Waals surface area contributed by atoms with Gasteiger partial charge in [0.25, 0.3) is 5.91 Å². The number of aliphatic hydroxyl groups is 1. The van der Waals surface area contributed by atoms with Gasteiger partial charge in [-0.15, -0.1) is 0 Å². The third-order valence-corrected chi connectivity index (χ3v) is 10.3. The molecule has 0 aliphatic carbocycles. The number of ether oxygens (including phenoxy) is 1. The Kier molecular flexibility index (Phi) is 20.0. The average molecular weight is 895 g/mol. The molecule has 20 heteroatoms. The minimum atomic E-state index is -5.09. The van der Waals surface area contributed by atoms with Crippen LogP contribution < -0.4 is 31.7 Å². The van der Waals surface area contributed by atoms with Gasteiger partial charge in [0, 0.05) is 43.4 Å². The molecule has 5 amide bonds. The Morgan fingerprint density at radius 1 is 0.931 bits per heavy atom. The first kappa shape index (κ1) is 47.7. The number of carbonyl (C=O) groups excluding carboxylic acids is 5. The van der Waals surface area contributed by atoms with Crippen LogP contribution in [0, 0.1) is 0 Å². The zero-order valence-electron chi connectivity index (χ0n) is 32.5. The lowest BCUT2D eigenvalue weighted by molar-refractivity contribution is -0.135. The zero-order valence-corrected chi connectivity index (χ0v) is 35.0. The number of hydrogen-bond acceptors (Lipinski definition) is 10. The molecule has 1 heterocycles. The minimum absolute atomic E-state index is 0.0693. The lowest BCUT2D eigenvalue weighted by atomic mass is 10.0. The van der Waals surface area contributed by atoms with Crippen LogP contribution in [0.15, 0.2) is 65.5 Å². The molecule has 318 valence electrons. The SMILES string of the molecule is COc1ccc(C(=O)NCCC(=O)N[C@@H](Cc2cncn2CCCCCCCCc2ccccc2)C(=O)N[C@@H](CO)C(=O)N[C@H](C(N)=O)[C@@H](C)OP(=O)(O)O)cc1Br. The number of aryl methyl sites for hydroxylation is 2. The van der Waals surface area contributed by atoms with Crippen LogP contribution in [-0.4, -0.2) is 98.5 Å². The Balaban J connectivity index is 1.64. The molecule has 9 N–H and O–H groups in total. The number of imidazole rings is 1. The number of nitrogens with one attached hydrogen (secondary N) is 4. The van der Waals surface area contributed by atoms with Crippen molar-refractivity contribution in [3.05, 3.63) is 82.3 Å². The molecule has 0 unspecified atom stereocenters. The number of methoxy groups -OCH3 is 1. The van der Waals surface area contributed by atoms with E-state index in [0.29, 0.717) is 28.0 Å². The average Bonchev–Trinajstić information content (AvgIpc) is 3.62. The van der Waals surface area contributed by atoms with Gasteiger partial charge in [0.15, 0.2) is 0 Å². The van der Waals surface area contributed by atoms with Crippen molar-refractivity contribution in [3.63, 3.8) is 0 Å². The van der Waals surface area contributed by atoms with Gasteiger partial charge < -0.3 is 51.2 Å². The number of halogens is 1. The summed E-state index contributed by atoms with van der Waals surface area (Å²) in [4.78, 5) is 87.2. The summed E-state index contributed by atoms with van der Waals surface area (Å²) in [5, 5.41) is 19.8. The molecular formula is C38H53BrN7O11P. The fourth-order valence-electron chi connectivity index (χ4n) is 5.98. The Morgan fingerprint density at radius 2 is 1.60 bits per heavy atom. The van der Waals surface area contributed by atoms with Crippen LogP contribution in [0.1, 0.15) is 73.5 Å². The van der Waals surface area contributed by atoms with E-state index in [-0.39, 0.29) is 19.4 Å². The number of nitrogens with two attached hydrogens (primary N) is 1. The van der Waals surface area contributed by atoms with Crippen LogP contribution >= 0.6 is 23.8 Å². The second kappa shape index (κ2) is 24.3. The molecule has 0 aliphatic heterocycles. The van der Waals surface area contributed by atoms with Gasteiger partial charge in [-0.3, -0.25) is 28.5 Å². The van der Waals surface area contributed by atoms with Gasteiger partial charge in [-0.25, -0.2) is 9.55 Å². The van der Waals surface area contributed by atoms with Gasteiger partial charge in [-0.05, 0) is 65.9 Å². The van der Waals surface area contributed by atoms with Crippen molar-refractivity contribution in [3.8, 4) is 5.75 Å². The Bertz CT molecular complexity index is 1860. The Morgan fingerprint density at radius 3 is 2.24 bits per heavy atom. The second-order valence-electron chi connectivity index (χ2n) is 13.5. The molecule has 2 aromatic carbocycles. The van der Waals surface area contributed by atoms with Crippen molar-refractivity contribution < 1.29 is 52.7 Å². The summed E-state index contributed by atoms with van der Waals surface area (Å²) < 4.78 is 23.4. The number of aliphatic hydroxyl groups excluding tert-OH is 1. The highest BCUT2D eigenvalue weighted by molar-refractivity contribution is 9.10. The van der Waals surface area contributed by atoms with E-state index in [4.69, 9.17) is 20.3 Å².